The van der Waals surface area contributed by atoms with Crippen molar-refractivity contribution in [3.63, 3.8) is 0 Å². The van der Waals surface area contributed by atoms with E-state index in [9.17, 15) is 0 Å². The minimum Gasteiger partial charge on any atom is -0.368 e. The molecule has 0 radical (unpaired) electrons. The van der Waals surface area contributed by atoms with E-state index in [0.717, 1.165) is 6.61 Å². The van der Waals surface area contributed by atoms with E-state index < -0.39 is 0 Å². The fraction of sp³-hybridized carbons (Fsp3) is 0.455. The van der Waals surface area contributed by atoms with Crippen LogP contribution < -0.4 is 0 Å². The molecule has 2 heteroatoms. The zero-order valence-corrected chi connectivity index (χ0v) is 7.57. The quantitative estimate of drug-likeness (QED) is 0.610. The SMILES string of the molecule is C[C@]12O[C@H]1CO[C@@H]2c1ccccc1. The smallest absolute Gasteiger partial charge is 0.125 e. The Morgan fingerprint density at radius 1 is 1.31 bits per heavy atom. The van der Waals surface area contributed by atoms with Crippen molar-refractivity contribution in [2.24, 2.45) is 0 Å². The molecule has 3 atom stereocenters. The van der Waals surface area contributed by atoms with Crippen LogP contribution in [0.15, 0.2) is 30.3 Å². The van der Waals surface area contributed by atoms with Gasteiger partial charge in [-0.05, 0) is 12.5 Å². The van der Waals surface area contributed by atoms with E-state index >= 15 is 0 Å². The van der Waals surface area contributed by atoms with Crippen molar-refractivity contribution < 1.29 is 9.47 Å². The minimum absolute atomic E-state index is 0.0403. The summed E-state index contributed by atoms with van der Waals surface area (Å²) in [5, 5.41) is 0. The number of epoxide rings is 1. The average molecular weight is 176 g/mol. The Morgan fingerprint density at radius 3 is 2.62 bits per heavy atom. The summed E-state index contributed by atoms with van der Waals surface area (Å²) in [7, 11) is 0. The van der Waals surface area contributed by atoms with E-state index in [2.05, 4.69) is 19.1 Å². The van der Waals surface area contributed by atoms with E-state index in [4.69, 9.17) is 9.47 Å². The van der Waals surface area contributed by atoms with E-state index in [1.807, 2.05) is 18.2 Å². The van der Waals surface area contributed by atoms with E-state index in [0.29, 0.717) is 6.10 Å². The highest BCUT2D eigenvalue weighted by Gasteiger charge is 2.63. The Bertz CT molecular complexity index is 320. The normalized spacial score (nSPS) is 41.6. The monoisotopic (exact) mass is 176 g/mol. The summed E-state index contributed by atoms with van der Waals surface area (Å²) < 4.78 is 11.3. The first kappa shape index (κ1) is 7.54. The first-order valence-electron chi connectivity index (χ1n) is 4.65. The lowest BCUT2D eigenvalue weighted by Gasteiger charge is -2.16. The summed E-state index contributed by atoms with van der Waals surface area (Å²) in [6.45, 7) is 2.87. The van der Waals surface area contributed by atoms with E-state index in [-0.39, 0.29) is 11.7 Å². The summed E-state index contributed by atoms with van der Waals surface area (Å²) in [5.41, 5.74) is 1.19. The fourth-order valence-corrected chi connectivity index (χ4v) is 2.11. The van der Waals surface area contributed by atoms with Crippen LogP contribution in [0.1, 0.15) is 18.6 Å². The van der Waals surface area contributed by atoms with Gasteiger partial charge in [-0.2, -0.15) is 0 Å². The number of fused-ring (bicyclic) bond motifs is 1. The molecule has 3 rings (SSSR count). The van der Waals surface area contributed by atoms with E-state index in [1.165, 1.54) is 5.56 Å². The molecule has 0 unspecified atom stereocenters. The summed E-state index contributed by atoms with van der Waals surface area (Å²) in [5.74, 6) is 0. The van der Waals surface area contributed by atoms with Gasteiger partial charge in [-0.3, -0.25) is 0 Å². The van der Waals surface area contributed by atoms with Crippen molar-refractivity contribution in [1.82, 2.24) is 0 Å². The molecule has 2 nitrogen and oxygen atoms in total. The van der Waals surface area contributed by atoms with Crippen LogP contribution >= 0.6 is 0 Å². The third kappa shape index (κ3) is 0.960. The van der Waals surface area contributed by atoms with Gasteiger partial charge in [-0.1, -0.05) is 30.3 Å². The van der Waals surface area contributed by atoms with Crippen LogP contribution in [0, 0.1) is 0 Å². The molecule has 1 aromatic carbocycles. The molecule has 68 valence electrons. The predicted octanol–water partition coefficient (Wildman–Crippen LogP) is 1.92. The number of ether oxygens (including phenoxy) is 2. The largest absolute Gasteiger partial charge is 0.368 e. The second kappa shape index (κ2) is 2.34. The van der Waals surface area contributed by atoms with Crippen molar-refractivity contribution in [3.05, 3.63) is 35.9 Å². The van der Waals surface area contributed by atoms with Crippen molar-refractivity contribution in [1.29, 1.82) is 0 Å². The van der Waals surface area contributed by atoms with Crippen LogP contribution in [0.3, 0.4) is 0 Å². The van der Waals surface area contributed by atoms with Crippen LogP contribution in [0.4, 0.5) is 0 Å². The Morgan fingerprint density at radius 2 is 2.08 bits per heavy atom. The molecule has 0 N–H and O–H groups in total. The Kier molecular flexibility index (Phi) is 1.35. The highest BCUT2D eigenvalue weighted by Crippen LogP contribution is 2.53. The van der Waals surface area contributed by atoms with Crippen LogP contribution in [0.2, 0.25) is 0 Å². The van der Waals surface area contributed by atoms with Gasteiger partial charge in [0.15, 0.2) is 0 Å². The van der Waals surface area contributed by atoms with Gasteiger partial charge in [-0.25, -0.2) is 0 Å². The maximum Gasteiger partial charge on any atom is 0.125 e. The number of hydrogen-bond donors (Lipinski definition) is 0. The van der Waals surface area contributed by atoms with Crippen LogP contribution in [-0.2, 0) is 9.47 Å². The van der Waals surface area contributed by atoms with Crippen molar-refractivity contribution in [2.75, 3.05) is 6.61 Å². The van der Waals surface area contributed by atoms with E-state index in [1.54, 1.807) is 0 Å². The second-order valence-corrected chi connectivity index (χ2v) is 3.91. The third-order valence-corrected chi connectivity index (χ3v) is 3.02. The number of hydrogen-bond acceptors (Lipinski definition) is 2. The molecule has 13 heavy (non-hydrogen) atoms. The van der Waals surface area contributed by atoms with Gasteiger partial charge in [-0.15, -0.1) is 0 Å². The first-order chi connectivity index (χ1) is 6.31. The molecule has 0 spiro atoms. The summed E-state index contributed by atoms with van der Waals surface area (Å²) in [6, 6.07) is 10.3. The average Bonchev–Trinajstić information content (AvgIpc) is 2.71. The summed E-state index contributed by atoms with van der Waals surface area (Å²) >= 11 is 0. The highest BCUT2D eigenvalue weighted by molar-refractivity contribution is 5.26. The number of benzene rings is 1. The maximum atomic E-state index is 5.68. The molecule has 0 bridgehead atoms. The van der Waals surface area contributed by atoms with Crippen molar-refractivity contribution >= 4 is 0 Å². The lowest BCUT2D eigenvalue weighted by atomic mass is 9.97. The molecule has 0 aromatic heterocycles. The van der Waals surface area contributed by atoms with Crippen LogP contribution in [0.25, 0.3) is 0 Å². The van der Waals surface area contributed by atoms with Gasteiger partial charge in [0.1, 0.15) is 17.8 Å². The molecule has 0 aliphatic carbocycles. The Hall–Kier alpha value is -0.860. The molecule has 2 saturated heterocycles. The Labute approximate surface area is 77.5 Å². The topological polar surface area (TPSA) is 21.8 Å². The second-order valence-electron chi connectivity index (χ2n) is 3.91. The summed E-state index contributed by atoms with van der Waals surface area (Å²) in [4.78, 5) is 0. The first-order valence-corrected chi connectivity index (χ1v) is 4.65. The van der Waals surface area contributed by atoms with Gasteiger partial charge in [0.25, 0.3) is 0 Å². The van der Waals surface area contributed by atoms with Gasteiger partial charge in [0.2, 0.25) is 0 Å². The van der Waals surface area contributed by atoms with Gasteiger partial charge in [0.05, 0.1) is 6.61 Å². The van der Waals surface area contributed by atoms with Gasteiger partial charge < -0.3 is 9.47 Å². The van der Waals surface area contributed by atoms with Crippen LogP contribution in [0.5, 0.6) is 0 Å². The molecular weight excluding hydrogens is 164 g/mol. The number of rotatable bonds is 1. The minimum atomic E-state index is -0.0403. The van der Waals surface area contributed by atoms with Crippen LogP contribution in [-0.4, -0.2) is 18.3 Å². The lowest BCUT2D eigenvalue weighted by molar-refractivity contribution is 0.00137. The highest BCUT2D eigenvalue weighted by atomic mass is 16.7. The fourth-order valence-electron chi connectivity index (χ4n) is 2.11. The molecule has 1 aromatic rings. The summed E-state index contributed by atoms with van der Waals surface area (Å²) in [6.07, 6.45) is 0.469. The molecule has 2 heterocycles. The zero-order chi connectivity index (χ0) is 8.89. The zero-order valence-electron chi connectivity index (χ0n) is 7.57. The van der Waals surface area contributed by atoms with Crippen molar-refractivity contribution in [2.45, 2.75) is 24.7 Å². The Balaban J connectivity index is 1.94. The van der Waals surface area contributed by atoms with Gasteiger partial charge >= 0.3 is 0 Å². The maximum absolute atomic E-state index is 5.68. The third-order valence-electron chi connectivity index (χ3n) is 3.02. The molecule has 2 fully saturated rings. The predicted molar refractivity (Wildman–Crippen MR) is 48.4 cm³/mol. The molecule has 2 aliphatic heterocycles. The molecule has 0 saturated carbocycles. The molecular formula is C11H12O2. The standard InChI is InChI=1S/C11H12O2/c1-11-9(13-11)7-12-10(11)8-5-3-2-4-6-8/h2-6,9-10H,7H2,1H3/t9-,10+,11-/m0/s1. The van der Waals surface area contributed by atoms with Crippen molar-refractivity contribution in [3.8, 4) is 0 Å². The molecule has 2 aliphatic rings. The van der Waals surface area contributed by atoms with Gasteiger partial charge in [0, 0.05) is 0 Å². The lowest BCUT2D eigenvalue weighted by Crippen LogP contribution is -2.16. The molecule has 0 amide bonds.